The second-order valence-corrected chi connectivity index (χ2v) is 7.01. The van der Waals surface area contributed by atoms with E-state index in [4.69, 9.17) is 9.29 Å². The van der Waals surface area contributed by atoms with Gasteiger partial charge in [0, 0.05) is 0 Å². The first kappa shape index (κ1) is 24.6. The third-order valence-electron chi connectivity index (χ3n) is 3.33. The zero-order chi connectivity index (χ0) is 16.0. The molecule has 0 heterocycles. The summed E-state index contributed by atoms with van der Waals surface area (Å²) in [5.74, 6) is -1.13. The molecule has 0 radical (unpaired) electrons. The van der Waals surface area contributed by atoms with Crippen LogP contribution in [0.15, 0.2) is 0 Å². The van der Waals surface area contributed by atoms with Crippen molar-refractivity contribution in [3.05, 3.63) is 0 Å². The van der Waals surface area contributed by atoms with Crippen molar-refractivity contribution in [2.75, 3.05) is 12.4 Å². The Labute approximate surface area is 159 Å². The van der Waals surface area contributed by atoms with Gasteiger partial charge in [0.2, 0.25) is 0 Å². The number of carbonyl (C=O) groups excluding carboxylic acids is 1. The van der Waals surface area contributed by atoms with Crippen molar-refractivity contribution in [1.29, 1.82) is 0 Å². The summed E-state index contributed by atoms with van der Waals surface area (Å²) in [6.45, 7) is 2.55. The van der Waals surface area contributed by atoms with Gasteiger partial charge in [-0.05, 0) is 6.42 Å². The van der Waals surface area contributed by atoms with E-state index in [2.05, 4.69) is 6.92 Å². The van der Waals surface area contributed by atoms with Crippen LogP contribution >= 0.6 is 0 Å². The molecule has 0 aliphatic heterocycles. The number of unbranched alkanes of at least 4 members (excludes halogenated alkanes) is 9. The van der Waals surface area contributed by atoms with E-state index in [1.165, 1.54) is 44.9 Å². The predicted octanol–water partition coefficient (Wildman–Crippen LogP) is 0.845. The zero-order valence-corrected chi connectivity index (χ0v) is 17.0. The molecule has 22 heavy (non-hydrogen) atoms. The van der Waals surface area contributed by atoms with E-state index in [0.29, 0.717) is 6.61 Å². The number of ether oxygens (including phenoxy) is 1. The van der Waals surface area contributed by atoms with Crippen molar-refractivity contribution in [2.24, 2.45) is 0 Å². The van der Waals surface area contributed by atoms with Gasteiger partial charge in [-0.25, -0.2) is 0 Å². The van der Waals surface area contributed by atoms with Gasteiger partial charge in [0.25, 0.3) is 10.1 Å². The van der Waals surface area contributed by atoms with Crippen LogP contribution in [0, 0.1) is 0 Å². The molecule has 0 aliphatic rings. The molecule has 0 aromatic heterocycles. The molecule has 0 amide bonds. The summed E-state index contributed by atoms with van der Waals surface area (Å²) >= 11 is 0. The molecule has 0 aliphatic carbocycles. The van der Waals surface area contributed by atoms with E-state index in [1.807, 2.05) is 0 Å². The second-order valence-electron chi connectivity index (χ2n) is 5.44. The average molecular weight is 346 g/mol. The summed E-state index contributed by atoms with van der Waals surface area (Å²) in [6.07, 6.45) is 11.8. The molecule has 0 saturated heterocycles. The maximum atomic E-state index is 11.2. The molecule has 5 nitrogen and oxygen atoms in total. The molecule has 0 aromatic carbocycles. The normalized spacial score (nSPS) is 11.0. The van der Waals surface area contributed by atoms with Crippen LogP contribution < -0.4 is 29.6 Å². The van der Waals surface area contributed by atoms with Crippen LogP contribution in [0.2, 0.25) is 0 Å². The zero-order valence-electron chi connectivity index (χ0n) is 15.2. The van der Waals surface area contributed by atoms with E-state index in [1.54, 1.807) is 0 Å². The van der Waals surface area contributed by atoms with Gasteiger partial charge in [0.1, 0.15) is 0 Å². The van der Waals surface area contributed by atoms with Crippen molar-refractivity contribution < 1.29 is 53.5 Å². The van der Waals surface area contributed by atoms with Gasteiger partial charge in [0.15, 0.2) is 0 Å². The third kappa shape index (κ3) is 20.4. The smallest absolute Gasteiger partial charge is 1.00 e. The minimum atomic E-state index is -4.07. The molecule has 7 heteroatoms. The molecule has 0 aromatic rings. The molecule has 128 valence electrons. The Morgan fingerprint density at radius 3 is 1.86 bits per heavy atom. The predicted molar refractivity (Wildman–Crippen MR) is 84.9 cm³/mol. The Kier molecular flexibility index (Phi) is 18.2. The van der Waals surface area contributed by atoms with Crippen LogP contribution in [0.5, 0.6) is 0 Å². The average Bonchev–Trinajstić information content (AvgIpc) is 2.42. The molecule has 0 saturated carbocycles. The quantitative estimate of drug-likeness (QED) is 0.218. The monoisotopic (exact) mass is 346 g/mol. The van der Waals surface area contributed by atoms with Crippen molar-refractivity contribution in [3.8, 4) is 0 Å². The number of hydrogen-bond donors (Lipinski definition) is 1. The number of carbonyl (C=O) groups is 1. The van der Waals surface area contributed by atoms with Crippen molar-refractivity contribution >= 4 is 16.1 Å². The van der Waals surface area contributed by atoms with Crippen LogP contribution in [-0.4, -0.2) is 31.3 Å². The van der Waals surface area contributed by atoms with Gasteiger partial charge in [-0.3, -0.25) is 9.35 Å². The standard InChI is InChI=1S/C15H30O5S.Na.H/c1-2-3-4-5-6-7-8-9-10-11-13-20-15(16)12-14-21(17,18)19;;/h2-14H2,1H3,(H,17,18,19);;/q;+1;-1. The molecule has 0 atom stereocenters. The Morgan fingerprint density at radius 2 is 1.41 bits per heavy atom. The van der Waals surface area contributed by atoms with Gasteiger partial charge < -0.3 is 6.16 Å². The molecule has 0 bridgehead atoms. The van der Waals surface area contributed by atoms with E-state index in [0.717, 1.165) is 19.3 Å². The molecular formula is C15H31NaO5S. The first-order valence-corrected chi connectivity index (χ1v) is 9.67. The third-order valence-corrected chi connectivity index (χ3v) is 4.05. The molecule has 0 rings (SSSR count). The summed E-state index contributed by atoms with van der Waals surface area (Å²) in [6, 6.07) is 0. The summed E-state index contributed by atoms with van der Waals surface area (Å²) in [7, 11) is -4.07. The van der Waals surface area contributed by atoms with E-state index in [-0.39, 0.29) is 37.4 Å². The summed E-state index contributed by atoms with van der Waals surface area (Å²) in [5, 5.41) is 0. The second kappa shape index (κ2) is 16.2. The maximum Gasteiger partial charge on any atom is 1.00 e. The number of hydrogen-bond acceptors (Lipinski definition) is 4. The SMILES string of the molecule is CCCCCCCCCCCCOC(=O)CCS(=O)(=O)O.[H-].[Na+]. The van der Waals surface area contributed by atoms with E-state index in [9.17, 15) is 13.2 Å². The minimum absolute atomic E-state index is 0. The van der Waals surface area contributed by atoms with Crippen molar-refractivity contribution in [1.82, 2.24) is 0 Å². The first-order chi connectivity index (χ1) is 9.95. The van der Waals surface area contributed by atoms with Gasteiger partial charge in [0.05, 0.1) is 18.8 Å². The summed E-state index contributed by atoms with van der Waals surface area (Å²) < 4.78 is 34.3. The fourth-order valence-electron chi connectivity index (χ4n) is 2.06. The van der Waals surface area contributed by atoms with Crippen molar-refractivity contribution in [3.63, 3.8) is 0 Å². The maximum absolute atomic E-state index is 11.2. The molecular weight excluding hydrogens is 315 g/mol. The number of rotatable bonds is 14. The molecule has 0 unspecified atom stereocenters. The van der Waals surface area contributed by atoms with Crippen LogP contribution in [0.1, 0.15) is 79.0 Å². The van der Waals surface area contributed by atoms with Gasteiger partial charge in [-0.2, -0.15) is 8.42 Å². The minimum Gasteiger partial charge on any atom is -1.00 e. The fraction of sp³-hybridized carbons (Fsp3) is 0.933. The van der Waals surface area contributed by atoms with Crippen LogP contribution in [0.25, 0.3) is 0 Å². The Morgan fingerprint density at radius 1 is 0.955 bits per heavy atom. The molecule has 1 N–H and O–H groups in total. The van der Waals surface area contributed by atoms with Gasteiger partial charge in [-0.15, -0.1) is 0 Å². The van der Waals surface area contributed by atoms with Crippen LogP contribution in [-0.2, 0) is 19.6 Å². The van der Waals surface area contributed by atoms with Gasteiger partial charge >= 0.3 is 35.5 Å². The molecule has 0 fully saturated rings. The van der Waals surface area contributed by atoms with Crippen molar-refractivity contribution in [2.45, 2.75) is 77.6 Å². The topological polar surface area (TPSA) is 80.7 Å². The molecule has 0 spiro atoms. The number of esters is 1. The van der Waals surface area contributed by atoms with Crippen LogP contribution in [0.4, 0.5) is 0 Å². The summed E-state index contributed by atoms with van der Waals surface area (Å²) in [4.78, 5) is 11.2. The largest absolute Gasteiger partial charge is 1.00 e. The summed E-state index contributed by atoms with van der Waals surface area (Å²) in [5.41, 5.74) is 0. The van der Waals surface area contributed by atoms with E-state index >= 15 is 0 Å². The Balaban J connectivity index is -0.00000200. The van der Waals surface area contributed by atoms with Gasteiger partial charge in [-0.1, -0.05) is 64.7 Å². The van der Waals surface area contributed by atoms with Crippen LogP contribution in [0.3, 0.4) is 0 Å². The Hall–Kier alpha value is 0.380. The first-order valence-electron chi connectivity index (χ1n) is 8.06. The Bertz CT molecular complexity index is 363. The van der Waals surface area contributed by atoms with E-state index < -0.39 is 21.8 Å². The fourth-order valence-corrected chi connectivity index (χ4v) is 2.48.